The van der Waals surface area contributed by atoms with Crippen LogP contribution in [0.1, 0.15) is 71.2 Å². The van der Waals surface area contributed by atoms with Crippen LogP contribution in [0.15, 0.2) is 34.9 Å². The number of carbonyl (C=O) groups excluding carboxylic acids is 1. The minimum atomic E-state index is -0.161. The van der Waals surface area contributed by atoms with Crippen LogP contribution < -0.4 is 4.74 Å². The fourth-order valence-electron chi connectivity index (χ4n) is 4.10. The van der Waals surface area contributed by atoms with Crippen molar-refractivity contribution in [2.24, 2.45) is 0 Å². The fourth-order valence-corrected chi connectivity index (χ4v) is 4.10. The standard InChI is InChI=1S/C23H28N4O3/c1-4-19-15(2)21(26-25-19)23(28)27-11-6-5-10-20(27)22-24-14-18(30-22)13-16-8-7-9-17(12-16)29-3/h7-9,12,14,20H,4-6,10-11,13H2,1-3H3,(H,25,26). The first-order valence-corrected chi connectivity index (χ1v) is 10.5. The molecule has 7 heteroatoms. The van der Waals surface area contributed by atoms with Gasteiger partial charge in [-0.05, 0) is 50.3 Å². The largest absolute Gasteiger partial charge is 0.497 e. The molecule has 1 aromatic carbocycles. The zero-order valence-corrected chi connectivity index (χ0v) is 17.8. The molecule has 1 fully saturated rings. The third kappa shape index (κ3) is 3.97. The third-order valence-corrected chi connectivity index (χ3v) is 5.80. The summed E-state index contributed by atoms with van der Waals surface area (Å²) in [6.45, 7) is 4.69. The van der Waals surface area contributed by atoms with E-state index in [4.69, 9.17) is 9.15 Å². The number of oxazole rings is 1. The number of rotatable bonds is 6. The topological polar surface area (TPSA) is 84.2 Å². The Morgan fingerprint density at radius 2 is 2.23 bits per heavy atom. The summed E-state index contributed by atoms with van der Waals surface area (Å²) in [5.41, 5.74) is 3.52. The second kappa shape index (κ2) is 8.73. The molecule has 1 unspecified atom stereocenters. The van der Waals surface area contributed by atoms with Crippen LogP contribution >= 0.6 is 0 Å². The highest BCUT2D eigenvalue weighted by Gasteiger charge is 2.33. The first kappa shape index (κ1) is 20.2. The van der Waals surface area contributed by atoms with Gasteiger partial charge in [0, 0.05) is 24.2 Å². The predicted molar refractivity (Wildman–Crippen MR) is 113 cm³/mol. The molecule has 0 bridgehead atoms. The number of carbonyl (C=O) groups is 1. The summed E-state index contributed by atoms with van der Waals surface area (Å²) in [6, 6.07) is 7.74. The molecule has 0 radical (unpaired) electrons. The van der Waals surface area contributed by atoms with Gasteiger partial charge in [0.1, 0.15) is 17.6 Å². The molecule has 4 rings (SSSR count). The Hall–Kier alpha value is -3.09. The Morgan fingerprint density at radius 3 is 3.00 bits per heavy atom. The molecular formula is C23H28N4O3. The van der Waals surface area contributed by atoms with Gasteiger partial charge in [-0.3, -0.25) is 9.89 Å². The van der Waals surface area contributed by atoms with Gasteiger partial charge in [0.25, 0.3) is 5.91 Å². The summed E-state index contributed by atoms with van der Waals surface area (Å²) >= 11 is 0. The Kier molecular flexibility index (Phi) is 5.88. The third-order valence-electron chi connectivity index (χ3n) is 5.80. The van der Waals surface area contributed by atoms with E-state index < -0.39 is 0 Å². The van der Waals surface area contributed by atoms with Crippen molar-refractivity contribution < 1.29 is 13.9 Å². The van der Waals surface area contributed by atoms with Gasteiger partial charge < -0.3 is 14.1 Å². The van der Waals surface area contributed by atoms with E-state index in [9.17, 15) is 4.79 Å². The van der Waals surface area contributed by atoms with Crippen molar-refractivity contribution in [3.8, 4) is 5.75 Å². The van der Waals surface area contributed by atoms with Crippen molar-refractivity contribution in [2.75, 3.05) is 13.7 Å². The van der Waals surface area contributed by atoms with Crippen LogP contribution in [0.25, 0.3) is 0 Å². The number of aromatic amines is 1. The Bertz CT molecular complexity index is 1020. The number of benzene rings is 1. The zero-order valence-electron chi connectivity index (χ0n) is 17.8. The molecule has 7 nitrogen and oxygen atoms in total. The molecule has 1 aliphatic rings. The Morgan fingerprint density at radius 1 is 1.37 bits per heavy atom. The van der Waals surface area contributed by atoms with Gasteiger partial charge in [0.05, 0.1) is 13.3 Å². The van der Waals surface area contributed by atoms with Crippen LogP contribution in [-0.2, 0) is 12.8 Å². The Labute approximate surface area is 176 Å². The van der Waals surface area contributed by atoms with Crippen molar-refractivity contribution in [1.82, 2.24) is 20.1 Å². The summed E-state index contributed by atoms with van der Waals surface area (Å²) in [5.74, 6) is 2.14. The number of hydrogen-bond acceptors (Lipinski definition) is 5. The molecule has 0 spiro atoms. The van der Waals surface area contributed by atoms with Crippen molar-refractivity contribution in [3.63, 3.8) is 0 Å². The van der Waals surface area contributed by atoms with E-state index >= 15 is 0 Å². The highest BCUT2D eigenvalue weighted by Crippen LogP contribution is 2.32. The van der Waals surface area contributed by atoms with E-state index in [0.717, 1.165) is 54.0 Å². The van der Waals surface area contributed by atoms with Gasteiger partial charge in [0.2, 0.25) is 5.89 Å². The average molecular weight is 409 g/mol. The monoisotopic (exact) mass is 408 g/mol. The summed E-state index contributed by atoms with van der Waals surface area (Å²) in [6.07, 6.45) is 6.08. The highest BCUT2D eigenvalue weighted by atomic mass is 16.5. The molecule has 1 aliphatic heterocycles. The molecule has 0 aliphatic carbocycles. The van der Waals surface area contributed by atoms with E-state index in [1.165, 1.54) is 0 Å². The van der Waals surface area contributed by atoms with E-state index in [1.807, 2.05) is 36.1 Å². The van der Waals surface area contributed by atoms with E-state index in [-0.39, 0.29) is 11.9 Å². The van der Waals surface area contributed by atoms with Crippen molar-refractivity contribution in [1.29, 1.82) is 0 Å². The number of nitrogens with one attached hydrogen (secondary N) is 1. The molecule has 1 amide bonds. The van der Waals surface area contributed by atoms with Crippen molar-refractivity contribution in [2.45, 2.75) is 52.0 Å². The van der Waals surface area contributed by atoms with Crippen LogP contribution in [-0.4, -0.2) is 39.6 Å². The molecule has 3 heterocycles. The lowest BCUT2D eigenvalue weighted by molar-refractivity contribution is 0.0563. The predicted octanol–water partition coefficient (Wildman–Crippen LogP) is 4.24. The number of aromatic nitrogens is 3. The number of H-pyrrole nitrogens is 1. The maximum absolute atomic E-state index is 13.3. The summed E-state index contributed by atoms with van der Waals surface area (Å²) in [4.78, 5) is 19.7. The van der Waals surface area contributed by atoms with Crippen LogP contribution in [0.3, 0.4) is 0 Å². The molecule has 1 saturated heterocycles. The zero-order chi connectivity index (χ0) is 21.1. The smallest absolute Gasteiger partial charge is 0.275 e. The van der Waals surface area contributed by atoms with Crippen LogP contribution in [0.4, 0.5) is 0 Å². The summed E-state index contributed by atoms with van der Waals surface area (Å²) < 4.78 is 11.4. The number of amides is 1. The number of likely N-dealkylation sites (tertiary alicyclic amines) is 1. The lowest BCUT2D eigenvalue weighted by Gasteiger charge is -2.33. The number of hydrogen-bond donors (Lipinski definition) is 1. The quantitative estimate of drug-likeness (QED) is 0.660. The number of piperidine rings is 1. The van der Waals surface area contributed by atoms with Crippen LogP contribution in [0.5, 0.6) is 5.75 Å². The summed E-state index contributed by atoms with van der Waals surface area (Å²) in [7, 11) is 1.66. The Balaban J connectivity index is 1.54. The van der Waals surface area contributed by atoms with E-state index in [1.54, 1.807) is 13.3 Å². The molecular weight excluding hydrogens is 380 g/mol. The highest BCUT2D eigenvalue weighted by molar-refractivity contribution is 5.94. The minimum Gasteiger partial charge on any atom is -0.497 e. The first-order chi connectivity index (χ1) is 14.6. The maximum atomic E-state index is 13.3. The second-order valence-corrected chi connectivity index (χ2v) is 7.73. The number of ether oxygens (including phenoxy) is 1. The first-order valence-electron chi connectivity index (χ1n) is 10.5. The van der Waals surface area contributed by atoms with E-state index in [2.05, 4.69) is 22.1 Å². The lowest BCUT2D eigenvalue weighted by Crippen LogP contribution is -2.39. The number of methoxy groups -OCH3 is 1. The normalized spacial score (nSPS) is 16.6. The SMILES string of the molecule is CCc1[nH]nc(C(=O)N2CCCCC2c2ncc(Cc3cccc(OC)c3)o2)c1C. The average Bonchev–Trinajstić information content (AvgIpc) is 3.39. The number of aryl methyl sites for hydroxylation is 1. The molecule has 2 aromatic heterocycles. The van der Waals surface area contributed by atoms with Crippen molar-refractivity contribution >= 4 is 5.91 Å². The van der Waals surface area contributed by atoms with Gasteiger partial charge in [-0.1, -0.05) is 19.1 Å². The van der Waals surface area contributed by atoms with Gasteiger partial charge in [-0.25, -0.2) is 4.98 Å². The van der Waals surface area contributed by atoms with Gasteiger partial charge in [0.15, 0.2) is 5.69 Å². The van der Waals surface area contributed by atoms with Crippen LogP contribution in [0, 0.1) is 6.92 Å². The maximum Gasteiger partial charge on any atom is 0.275 e. The molecule has 1 N–H and O–H groups in total. The molecule has 30 heavy (non-hydrogen) atoms. The van der Waals surface area contributed by atoms with Crippen LogP contribution in [0.2, 0.25) is 0 Å². The van der Waals surface area contributed by atoms with E-state index in [0.29, 0.717) is 24.6 Å². The van der Waals surface area contributed by atoms with Gasteiger partial charge >= 0.3 is 0 Å². The van der Waals surface area contributed by atoms with Gasteiger partial charge in [-0.2, -0.15) is 5.10 Å². The molecule has 158 valence electrons. The second-order valence-electron chi connectivity index (χ2n) is 7.73. The molecule has 1 atom stereocenters. The lowest BCUT2D eigenvalue weighted by atomic mass is 10.0. The minimum absolute atomic E-state index is 0.0549. The fraction of sp³-hybridized carbons (Fsp3) is 0.435. The van der Waals surface area contributed by atoms with Gasteiger partial charge in [-0.15, -0.1) is 0 Å². The molecule has 0 saturated carbocycles. The van der Waals surface area contributed by atoms with Crippen molar-refractivity contribution in [3.05, 3.63) is 64.6 Å². The summed E-state index contributed by atoms with van der Waals surface area (Å²) in [5, 5.41) is 7.28. The molecule has 3 aromatic rings. The number of nitrogens with zero attached hydrogens (tertiary/aromatic N) is 3.